The van der Waals surface area contributed by atoms with Gasteiger partial charge >= 0.3 is 0 Å². The number of aryl methyl sites for hydroxylation is 1. The van der Waals surface area contributed by atoms with Crippen molar-refractivity contribution in [3.63, 3.8) is 0 Å². The predicted molar refractivity (Wildman–Crippen MR) is 77.0 cm³/mol. The Hall–Kier alpha value is -1.57. The molecule has 1 unspecified atom stereocenters. The molecule has 5 nitrogen and oxygen atoms in total. The van der Waals surface area contributed by atoms with Crippen LogP contribution in [-0.2, 0) is 18.2 Å². The molecule has 1 heterocycles. The number of nitrogens with one attached hydrogen (secondary N) is 1. The molecule has 116 valence electrons. The first-order valence-corrected chi connectivity index (χ1v) is 6.84. The number of ether oxygens (including phenoxy) is 1. The summed E-state index contributed by atoms with van der Waals surface area (Å²) in [6, 6.07) is 7.87. The zero-order valence-corrected chi connectivity index (χ0v) is 11.9. The zero-order chi connectivity index (χ0) is 15.2. The minimum Gasteiger partial charge on any atom is -0.375 e. The second-order valence-corrected chi connectivity index (χ2v) is 4.91. The van der Waals surface area contributed by atoms with Crippen molar-refractivity contribution in [1.82, 2.24) is 15.2 Å². The Morgan fingerprint density at radius 1 is 1.38 bits per heavy atom. The van der Waals surface area contributed by atoms with E-state index in [9.17, 15) is 8.78 Å². The van der Waals surface area contributed by atoms with Crippen molar-refractivity contribution in [3.8, 4) is 0 Å². The lowest BCUT2D eigenvalue weighted by molar-refractivity contribution is 0.0144. The van der Waals surface area contributed by atoms with E-state index in [2.05, 4.69) is 10.5 Å². The standard InChI is InChI=1S/C14H20F2N4O/c1-20-13-5-3-2-4-11(13)12(19-20)8-10(18-17)6-7-21-9-14(15)16/h2-5,10,14,18H,6-9,17H2,1H3. The first-order valence-electron chi connectivity index (χ1n) is 6.84. The number of nitrogens with two attached hydrogens (primary N) is 1. The van der Waals surface area contributed by atoms with Gasteiger partial charge < -0.3 is 4.74 Å². The molecule has 0 saturated carbocycles. The molecule has 0 radical (unpaired) electrons. The van der Waals surface area contributed by atoms with E-state index in [4.69, 9.17) is 10.6 Å². The van der Waals surface area contributed by atoms with E-state index in [0.717, 1.165) is 16.6 Å². The molecular weight excluding hydrogens is 278 g/mol. The second-order valence-electron chi connectivity index (χ2n) is 4.91. The lowest BCUT2D eigenvalue weighted by Crippen LogP contribution is -2.38. The maximum atomic E-state index is 12.0. The van der Waals surface area contributed by atoms with Crippen LogP contribution in [0.1, 0.15) is 12.1 Å². The largest absolute Gasteiger partial charge is 0.375 e. The van der Waals surface area contributed by atoms with Gasteiger partial charge in [0.05, 0.1) is 11.2 Å². The van der Waals surface area contributed by atoms with E-state index in [1.807, 2.05) is 36.0 Å². The zero-order valence-electron chi connectivity index (χ0n) is 11.9. The summed E-state index contributed by atoms with van der Waals surface area (Å²) in [5.41, 5.74) is 4.68. The molecule has 1 aromatic heterocycles. The number of hydrogen-bond acceptors (Lipinski definition) is 4. The van der Waals surface area contributed by atoms with E-state index in [1.54, 1.807) is 0 Å². The SMILES string of the molecule is Cn1nc(CC(CCOCC(F)F)NN)c2ccccc21. The van der Waals surface area contributed by atoms with Gasteiger partial charge in [0, 0.05) is 31.5 Å². The van der Waals surface area contributed by atoms with E-state index in [0.29, 0.717) is 12.8 Å². The minimum absolute atomic E-state index is 0.0685. The van der Waals surface area contributed by atoms with Crippen molar-refractivity contribution < 1.29 is 13.5 Å². The molecule has 0 aliphatic heterocycles. The summed E-state index contributed by atoms with van der Waals surface area (Å²) >= 11 is 0. The fourth-order valence-electron chi connectivity index (χ4n) is 2.32. The number of benzene rings is 1. The number of alkyl halides is 2. The fraction of sp³-hybridized carbons (Fsp3) is 0.500. The van der Waals surface area contributed by atoms with Gasteiger partial charge in [-0.05, 0) is 12.5 Å². The number of para-hydroxylation sites is 1. The Labute approximate surface area is 122 Å². The maximum absolute atomic E-state index is 12.0. The Morgan fingerprint density at radius 2 is 2.14 bits per heavy atom. The summed E-state index contributed by atoms with van der Waals surface area (Å²) in [6.07, 6.45) is -1.27. The van der Waals surface area contributed by atoms with Crippen LogP contribution in [0.2, 0.25) is 0 Å². The summed E-state index contributed by atoms with van der Waals surface area (Å²) in [5, 5.41) is 5.57. The molecular formula is C14H20F2N4O. The monoisotopic (exact) mass is 298 g/mol. The summed E-state index contributed by atoms with van der Waals surface area (Å²) in [7, 11) is 1.89. The van der Waals surface area contributed by atoms with Gasteiger partial charge in [-0.25, -0.2) is 8.78 Å². The molecule has 2 rings (SSSR count). The minimum atomic E-state index is -2.44. The average molecular weight is 298 g/mol. The second kappa shape index (κ2) is 7.44. The highest BCUT2D eigenvalue weighted by atomic mass is 19.3. The first-order chi connectivity index (χ1) is 10.1. The number of fused-ring (bicyclic) bond motifs is 1. The van der Waals surface area contributed by atoms with E-state index in [1.165, 1.54) is 0 Å². The number of nitrogens with zero attached hydrogens (tertiary/aromatic N) is 2. The van der Waals surface area contributed by atoms with Crippen molar-refractivity contribution >= 4 is 10.9 Å². The van der Waals surface area contributed by atoms with Crippen LogP contribution in [0.15, 0.2) is 24.3 Å². The van der Waals surface area contributed by atoms with Crippen LogP contribution in [-0.4, -0.2) is 35.5 Å². The molecule has 3 N–H and O–H groups in total. The van der Waals surface area contributed by atoms with Crippen LogP contribution in [0.5, 0.6) is 0 Å². The molecule has 0 aliphatic rings. The van der Waals surface area contributed by atoms with E-state index >= 15 is 0 Å². The van der Waals surface area contributed by atoms with Gasteiger partial charge in [0.25, 0.3) is 6.43 Å². The highest BCUT2D eigenvalue weighted by Crippen LogP contribution is 2.19. The van der Waals surface area contributed by atoms with Crippen molar-refractivity contribution in [2.24, 2.45) is 12.9 Å². The van der Waals surface area contributed by atoms with Gasteiger partial charge in [0.1, 0.15) is 6.61 Å². The normalized spacial score (nSPS) is 13.2. The first kappa shape index (κ1) is 15.8. The van der Waals surface area contributed by atoms with E-state index < -0.39 is 13.0 Å². The van der Waals surface area contributed by atoms with Gasteiger partial charge in [-0.15, -0.1) is 0 Å². The highest BCUT2D eigenvalue weighted by molar-refractivity contribution is 5.81. The predicted octanol–water partition coefficient (Wildman–Crippen LogP) is 1.62. The van der Waals surface area contributed by atoms with Crippen molar-refractivity contribution in [1.29, 1.82) is 0 Å². The summed E-state index contributed by atoms with van der Waals surface area (Å²) < 4.78 is 30.7. The quantitative estimate of drug-likeness (QED) is 0.441. The van der Waals surface area contributed by atoms with Crippen LogP contribution in [0.3, 0.4) is 0 Å². The smallest absolute Gasteiger partial charge is 0.261 e. The van der Waals surface area contributed by atoms with Gasteiger partial charge in [0.2, 0.25) is 0 Å². The van der Waals surface area contributed by atoms with Crippen molar-refractivity contribution in [2.75, 3.05) is 13.2 Å². The Morgan fingerprint density at radius 3 is 2.86 bits per heavy atom. The number of hydrazine groups is 1. The number of hydrogen-bond donors (Lipinski definition) is 2. The third-order valence-electron chi connectivity index (χ3n) is 3.36. The number of rotatable bonds is 8. The van der Waals surface area contributed by atoms with Crippen LogP contribution < -0.4 is 11.3 Å². The van der Waals surface area contributed by atoms with Crippen LogP contribution in [0.25, 0.3) is 10.9 Å². The molecule has 2 aromatic rings. The van der Waals surface area contributed by atoms with E-state index in [-0.39, 0.29) is 12.6 Å². The molecule has 21 heavy (non-hydrogen) atoms. The van der Waals surface area contributed by atoms with Gasteiger partial charge in [-0.1, -0.05) is 18.2 Å². The van der Waals surface area contributed by atoms with Gasteiger partial charge in [-0.3, -0.25) is 16.0 Å². The molecule has 0 aliphatic carbocycles. The Balaban J connectivity index is 1.97. The van der Waals surface area contributed by atoms with Crippen LogP contribution in [0.4, 0.5) is 8.78 Å². The topological polar surface area (TPSA) is 65.1 Å². The van der Waals surface area contributed by atoms with Gasteiger partial charge in [-0.2, -0.15) is 5.10 Å². The molecule has 0 spiro atoms. The van der Waals surface area contributed by atoms with Gasteiger partial charge in [0.15, 0.2) is 0 Å². The lowest BCUT2D eigenvalue weighted by Gasteiger charge is -2.14. The average Bonchev–Trinajstić information content (AvgIpc) is 2.79. The molecule has 0 saturated heterocycles. The molecule has 0 amide bonds. The fourth-order valence-corrected chi connectivity index (χ4v) is 2.32. The van der Waals surface area contributed by atoms with Crippen LogP contribution in [0, 0.1) is 0 Å². The van der Waals surface area contributed by atoms with Crippen molar-refractivity contribution in [3.05, 3.63) is 30.0 Å². The van der Waals surface area contributed by atoms with Crippen LogP contribution >= 0.6 is 0 Å². The Bertz CT molecular complexity index is 573. The summed E-state index contributed by atoms with van der Waals surface area (Å²) in [4.78, 5) is 0. The molecule has 1 atom stereocenters. The third-order valence-corrected chi connectivity index (χ3v) is 3.36. The van der Waals surface area contributed by atoms with Crippen molar-refractivity contribution in [2.45, 2.75) is 25.3 Å². The number of aromatic nitrogens is 2. The third kappa shape index (κ3) is 4.20. The molecule has 0 bridgehead atoms. The summed E-state index contributed by atoms with van der Waals surface area (Å²) in [5.74, 6) is 5.53. The number of halogens is 2. The lowest BCUT2D eigenvalue weighted by atomic mass is 10.1. The molecule has 7 heteroatoms. The summed E-state index contributed by atoms with van der Waals surface area (Å²) in [6.45, 7) is -0.298. The Kier molecular flexibility index (Phi) is 5.60. The maximum Gasteiger partial charge on any atom is 0.261 e. The molecule has 1 aromatic carbocycles. The molecule has 0 fully saturated rings. The highest BCUT2D eigenvalue weighted by Gasteiger charge is 2.14.